The maximum Gasteiger partial charge on any atom is 0.264 e. The van der Waals surface area contributed by atoms with Gasteiger partial charge < -0.3 is 10.1 Å². The summed E-state index contributed by atoms with van der Waals surface area (Å²) in [5, 5.41) is 2.82. The third-order valence-electron chi connectivity index (χ3n) is 5.28. The van der Waals surface area contributed by atoms with Crippen LogP contribution in [0.5, 0.6) is 0 Å². The van der Waals surface area contributed by atoms with E-state index in [1.165, 1.54) is 31.4 Å². The molecule has 8 heteroatoms. The second kappa shape index (κ2) is 11.6. The van der Waals surface area contributed by atoms with Crippen molar-refractivity contribution in [3.8, 4) is 0 Å². The Morgan fingerprint density at radius 2 is 1.71 bits per heavy atom. The molecular weight excluding hydrogens is 480 g/mol. The molecule has 3 rings (SSSR count). The number of nitrogens with one attached hydrogen (secondary N) is 1. The van der Waals surface area contributed by atoms with E-state index >= 15 is 0 Å². The number of halogens is 1. The van der Waals surface area contributed by atoms with Crippen molar-refractivity contribution in [1.82, 2.24) is 5.32 Å². The van der Waals surface area contributed by atoms with Gasteiger partial charge in [0.2, 0.25) is 5.91 Å². The van der Waals surface area contributed by atoms with Gasteiger partial charge in [0.05, 0.1) is 16.7 Å². The number of carbonyl (C=O) groups is 1. The average molecular weight is 509 g/mol. The van der Waals surface area contributed by atoms with Gasteiger partial charge >= 0.3 is 0 Å². The van der Waals surface area contributed by atoms with E-state index in [4.69, 9.17) is 4.74 Å². The van der Waals surface area contributed by atoms with Crippen LogP contribution in [0.25, 0.3) is 0 Å². The average Bonchev–Trinajstić information content (AvgIpc) is 2.79. The maximum atomic E-state index is 13.2. The predicted octanol–water partition coefficient (Wildman–Crippen LogP) is 4.50. The summed E-state index contributed by atoms with van der Waals surface area (Å²) in [4.78, 5) is 12.7. The fourth-order valence-electron chi connectivity index (χ4n) is 3.61. The SMILES string of the molecule is O=C(CN(c1ccc(Br)cc1)S(=O)(=O)c1ccccc1)NCCCOC1CCCCC1. The van der Waals surface area contributed by atoms with E-state index in [1.54, 1.807) is 42.5 Å². The van der Waals surface area contributed by atoms with Crippen LogP contribution in [0, 0.1) is 0 Å². The smallest absolute Gasteiger partial charge is 0.264 e. The molecule has 0 unspecified atom stereocenters. The lowest BCUT2D eigenvalue weighted by Crippen LogP contribution is -2.41. The number of sulfonamides is 1. The summed E-state index contributed by atoms with van der Waals surface area (Å²) < 4.78 is 34.3. The van der Waals surface area contributed by atoms with Gasteiger partial charge in [-0.3, -0.25) is 9.10 Å². The van der Waals surface area contributed by atoms with Crippen molar-refractivity contribution in [3.63, 3.8) is 0 Å². The summed E-state index contributed by atoms with van der Waals surface area (Å²) in [6, 6.07) is 15.0. The molecule has 0 radical (unpaired) electrons. The molecule has 1 N–H and O–H groups in total. The maximum absolute atomic E-state index is 13.2. The summed E-state index contributed by atoms with van der Waals surface area (Å²) in [6.07, 6.45) is 7.01. The minimum absolute atomic E-state index is 0.145. The zero-order valence-corrected chi connectivity index (χ0v) is 19.9. The van der Waals surface area contributed by atoms with Gasteiger partial charge in [-0.25, -0.2) is 8.42 Å². The molecule has 0 heterocycles. The second-order valence-corrected chi connectivity index (χ2v) is 10.4. The van der Waals surface area contributed by atoms with Crippen molar-refractivity contribution in [2.75, 3.05) is 24.0 Å². The minimum Gasteiger partial charge on any atom is -0.378 e. The van der Waals surface area contributed by atoms with Crippen LogP contribution in [0.1, 0.15) is 38.5 Å². The van der Waals surface area contributed by atoms with Crippen LogP contribution in [-0.4, -0.2) is 40.1 Å². The molecule has 0 aromatic heterocycles. The Hall–Kier alpha value is -1.90. The molecule has 1 aliphatic carbocycles. The second-order valence-electron chi connectivity index (χ2n) is 7.64. The van der Waals surface area contributed by atoms with Crippen molar-refractivity contribution in [3.05, 3.63) is 59.1 Å². The molecular formula is C23H29BrN2O4S. The summed E-state index contributed by atoms with van der Waals surface area (Å²) >= 11 is 3.36. The normalized spacial score (nSPS) is 14.9. The molecule has 31 heavy (non-hydrogen) atoms. The van der Waals surface area contributed by atoms with E-state index in [9.17, 15) is 13.2 Å². The number of ether oxygens (including phenoxy) is 1. The Kier molecular flexibility index (Phi) is 8.92. The zero-order valence-electron chi connectivity index (χ0n) is 17.5. The van der Waals surface area contributed by atoms with E-state index in [0.29, 0.717) is 31.4 Å². The Balaban J connectivity index is 1.59. The van der Waals surface area contributed by atoms with Crippen molar-refractivity contribution in [2.45, 2.75) is 49.5 Å². The highest BCUT2D eigenvalue weighted by molar-refractivity contribution is 9.10. The number of hydrogen-bond donors (Lipinski definition) is 1. The first-order valence-corrected chi connectivity index (χ1v) is 12.9. The first kappa shape index (κ1) is 23.8. The number of hydrogen-bond acceptors (Lipinski definition) is 4. The van der Waals surface area contributed by atoms with Gasteiger partial charge in [0.15, 0.2) is 0 Å². The van der Waals surface area contributed by atoms with E-state index in [0.717, 1.165) is 21.6 Å². The number of amides is 1. The van der Waals surface area contributed by atoms with Gasteiger partial charge in [-0.1, -0.05) is 53.4 Å². The molecule has 0 bridgehead atoms. The lowest BCUT2D eigenvalue weighted by atomic mass is 9.98. The van der Waals surface area contributed by atoms with E-state index in [-0.39, 0.29) is 17.3 Å². The van der Waals surface area contributed by atoms with Gasteiger partial charge in [0, 0.05) is 17.6 Å². The number of benzene rings is 2. The first-order valence-electron chi connectivity index (χ1n) is 10.7. The molecule has 0 atom stereocenters. The third-order valence-corrected chi connectivity index (χ3v) is 7.60. The van der Waals surface area contributed by atoms with Crippen LogP contribution in [-0.2, 0) is 19.6 Å². The Morgan fingerprint density at radius 1 is 1.03 bits per heavy atom. The quantitative estimate of drug-likeness (QED) is 0.479. The fourth-order valence-corrected chi connectivity index (χ4v) is 5.32. The Bertz CT molecular complexity index is 930. The highest BCUT2D eigenvalue weighted by atomic mass is 79.9. The standard InChI is InChI=1S/C23H29BrN2O4S/c24-19-12-14-20(15-13-19)26(31(28,29)22-10-5-2-6-11-22)18-23(27)25-16-7-17-30-21-8-3-1-4-9-21/h2,5-6,10-15,21H,1,3-4,7-9,16-18H2,(H,25,27). The molecule has 1 saturated carbocycles. The Morgan fingerprint density at radius 3 is 2.39 bits per heavy atom. The molecule has 0 saturated heterocycles. The third kappa shape index (κ3) is 7.05. The van der Waals surface area contributed by atoms with E-state index in [1.807, 2.05) is 0 Å². The van der Waals surface area contributed by atoms with Crippen molar-refractivity contribution in [1.29, 1.82) is 0 Å². The van der Waals surface area contributed by atoms with E-state index in [2.05, 4.69) is 21.2 Å². The van der Waals surface area contributed by atoms with Crippen molar-refractivity contribution < 1.29 is 17.9 Å². The summed E-state index contributed by atoms with van der Waals surface area (Å²) in [5.41, 5.74) is 0.433. The lowest BCUT2D eigenvalue weighted by molar-refractivity contribution is -0.119. The topological polar surface area (TPSA) is 75.7 Å². The van der Waals surface area contributed by atoms with E-state index < -0.39 is 10.0 Å². The highest BCUT2D eigenvalue weighted by Crippen LogP contribution is 2.25. The molecule has 0 spiro atoms. The number of carbonyl (C=O) groups excluding carboxylic acids is 1. The molecule has 2 aromatic rings. The first-order chi connectivity index (χ1) is 15.0. The van der Waals surface area contributed by atoms with Crippen LogP contribution in [0.4, 0.5) is 5.69 Å². The molecule has 6 nitrogen and oxygen atoms in total. The van der Waals surface area contributed by atoms with Gasteiger partial charge in [-0.2, -0.15) is 0 Å². The van der Waals surface area contributed by atoms with Gasteiger partial charge in [-0.15, -0.1) is 0 Å². The predicted molar refractivity (Wildman–Crippen MR) is 126 cm³/mol. The summed E-state index contributed by atoms with van der Waals surface area (Å²) in [5.74, 6) is -0.347. The van der Waals surface area contributed by atoms with Crippen LogP contribution in [0.3, 0.4) is 0 Å². The van der Waals surface area contributed by atoms with Gasteiger partial charge in [0.1, 0.15) is 6.54 Å². The number of anilines is 1. The van der Waals surface area contributed by atoms with Crippen molar-refractivity contribution in [2.24, 2.45) is 0 Å². The molecule has 168 valence electrons. The number of rotatable bonds is 10. The van der Waals surface area contributed by atoms with Crippen LogP contribution in [0.2, 0.25) is 0 Å². The van der Waals surface area contributed by atoms with Gasteiger partial charge in [0.25, 0.3) is 10.0 Å². The largest absolute Gasteiger partial charge is 0.378 e. The number of nitrogens with zero attached hydrogens (tertiary/aromatic N) is 1. The molecule has 2 aromatic carbocycles. The van der Waals surface area contributed by atoms with Crippen molar-refractivity contribution >= 4 is 37.5 Å². The molecule has 1 fully saturated rings. The minimum atomic E-state index is -3.88. The van der Waals surface area contributed by atoms with Crippen LogP contribution < -0.4 is 9.62 Å². The zero-order chi connectivity index (χ0) is 22.1. The van der Waals surface area contributed by atoms with Crippen LogP contribution >= 0.6 is 15.9 Å². The van der Waals surface area contributed by atoms with Gasteiger partial charge in [-0.05, 0) is 55.7 Å². The summed E-state index contributed by atoms with van der Waals surface area (Å²) in [7, 11) is -3.88. The van der Waals surface area contributed by atoms with Crippen LogP contribution in [0.15, 0.2) is 64.0 Å². The molecule has 1 amide bonds. The lowest BCUT2D eigenvalue weighted by Gasteiger charge is -2.24. The molecule has 1 aliphatic rings. The highest BCUT2D eigenvalue weighted by Gasteiger charge is 2.27. The fraction of sp³-hybridized carbons (Fsp3) is 0.435. The summed E-state index contributed by atoms with van der Waals surface area (Å²) in [6.45, 7) is 0.761. The monoisotopic (exact) mass is 508 g/mol. The Labute approximate surface area is 193 Å². The molecule has 0 aliphatic heterocycles.